The van der Waals surface area contributed by atoms with Crippen LogP contribution in [0.5, 0.6) is 0 Å². The van der Waals surface area contributed by atoms with Crippen LogP contribution in [0.15, 0.2) is 36.5 Å². The highest BCUT2D eigenvalue weighted by atomic mass is 35.5. The summed E-state index contributed by atoms with van der Waals surface area (Å²) in [6.07, 6.45) is 4.92. The van der Waals surface area contributed by atoms with Crippen molar-refractivity contribution in [1.29, 1.82) is 0 Å². The summed E-state index contributed by atoms with van der Waals surface area (Å²) < 4.78 is 7.09. The Hall–Kier alpha value is -2.11. The average Bonchev–Trinajstić information content (AvgIpc) is 3.00. The van der Waals surface area contributed by atoms with Gasteiger partial charge in [0.2, 0.25) is 0 Å². The number of nitrogens with zero attached hydrogens (tertiary/aromatic N) is 3. The Morgan fingerprint density at radius 1 is 1.29 bits per heavy atom. The molecule has 24 heavy (non-hydrogen) atoms. The predicted molar refractivity (Wildman–Crippen MR) is 95.7 cm³/mol. The van der Waals surface area contributed by atoms with Crippen molar-refractivity contribution in [2.24, 2.45) is 0 Å². The molecule has 2 aromatic rings. The van der Waals surface area contributed by atoms with E-state index < -0.39 is 0 Å². The van der Waals surface area contributed by atoms with Gasteiger partial charge in [-0.15, -0.1) is 0 Å². The number of rotatable bonds is 5. The van der Waals surface area contributed by atoms with Crippen LogP contribution in [0.3, 0.4) is 0 Å². The van der Waals surface area contributed by atoms with Gasteiger partial charge < -0.3 is 9.64 Å². The number of ether oxygens (including phenoxy) is 1. The summed E-state index contributed by atoms with van der Waals surface area (Å²) in [5, 5.41) is 4.84. The second-order valence-electron chi connectivity index (χ2n) is 5.56. The van der Waals surface area contributed by atoms with Crippen LogP contribution in [-0.2, 0) is 11.3 Å². The highest BCUT2D eigenvalue weighted by Crippen LogP contribution is 2.18. The average molecular weight is 346 g/mol. The zero-order chi connectivity index (χ0) is 16.9. The van der Waals surface area contributed by atoms with Crippen molar-refractivity contribution in [1.82, 2.24) is 9.78 Å². The smallest absolute Gasteiger partial charge is 0.185 e. The molecule has 0 amide bonds. The lowest BCUT2D eigenvalue weighted by Gasteiger charge is -2.28. The van der Waals surface area contributed by atoms with E-state index in [0.717, 1.165) is 38.5 Å². The molecule has 0 saturated carbocycles. The van der Waals surface area contributed by atoms with Gasteiger partial charge >= 0.3 is 0 Å². The maximum atomic E-state index is 12.3. The number of benzene rings is 1. The fourth-order valence-corrected chi connectivity index (χ4v) is 2.81. The summed E-state index contributed by atoms with van der Waals surface area (Å²) in [7, 11) is 0. The van der Waals surface area contributed by atoms with Gasteiger partial charge in [0.25, 0.3) is 0 Å². The number of allylic oxidation sites excluding steroid dienone is 1. The van der Waals surface area contributed by atoms with Crippen LogP contribution in [-0.4, -0.2) is 41.9 Å². The maximum absolute atomic E-state index is 12.3. The SMILES string of the molecule is CCn1cc(Cl)c(/C=C/C(=O)c2ccc(N3CCOCC3)cc2)n1. The van der Waals surface area contributed by atoms with Crippen molar-refractivity contribution in [2.45, 2.75) is 13.5 Å². The molecule has 0 radical (unpaired) electrons. The molecule has 1 saturated heterocycles. The van der Waals surface area contributed by atoms with Crippen LogP contribution in [0, 0.1) is 0 Å². The Bertz CT molecular complexity index is 731. The van der Waals surface area contributed by atoms with Crippen LogP contribution in [0.25, 0.3) is 6.08 Å². The number of ketones is 1. The molecule has 0 aliphatic carbocycles. The lowest BCUT2D eigenvalue weighted by Crippen LogP contribution is -2.36. The minimum atomic E-state index is -0.0642. The molecule has 0 bridgehead atoms. The molecule has 5 nitrogen and oxygen atoms in total. The normalized spacial score (nSPS) is 15.2. The van der Waals surface area contributed by atoms with Crippen molar-refractivity contribution >= 4 is 29.1 Å². The first-order valence-electron chi connectivity index (χ1n) is 8.05. The third-order valence-electron chi connectivity index (χ3n) is 3.99. The fourth-order valence-electron chi connectivity index (χ4n) is 2.60. The van der Waals surface area contributed by atoms with Crippen molar-refractivity contribution in [3.05, 3.63) is 52.8 Å². The third-order valence-corrected chi connectivity index (χ3v) is 4.28. The van der Waals surface area contributed by atoms with E-state index in [4.69, 9.17) is 16.3 Å². The first kappa shape index (κ1) is 16.7. The highest BCUT2D eigenvalue weighted by molar-refractivity contribution is 6.31. The second-order valence-corrected chi connectivity index (χ2v) is 5.97. The second kappa shape index (κ2) is 7.64. The van der Waals surface area contributed by atoms with Gasteiger partial charge in [-0.3, -0.25) is 9.48 Å². The molecule has 1 aromatic heterocycles. The lowest BCUT2D eigenvalue weighted by atomic mass is 10.1. The van der Waals surface area contributed by atoms with E-state index in [0.29, 0.717) is 16.3 Å². The van der Waals surface area contributed by atoms with E-state index in [1.165, 1.54) is 6.08 Å². The van der Waals surface area contributed by atoms with E-state index in [-0.39, 0.29) is 5.78 Å². The largest absolute Gasteiger partial charge is 0.378 e. The van der Waals surface area contributed by atoms with Crippen molar-refractivity contribution in [3.63, 3.8) is 0 Å². The minimum absolute atomic E-state index is 0.0642. The number of hydrogen-bond acceptors (Lipinski definition) is 4. The fraction of sp³-hybridized carbons (Fsp3) is 0.333. The van der Waals surface area contributed by atoms with Crippen LogP contribution in [0.4, 0.5) is 5.69 Å². The van der Waals surface area contributed by atoms with Gasteiger partial charge in [-0.2, -0.15) is 5.10 Å². The standard InChI is InChI=1S/C18H20ClN3O2/c1-2-22-13-16(19)17(20-22)7-8-18(23)14-3-5-15(6-4-14)21-9-11-24-12-10-21/h3-8,13H,2,9-12H2,1H3/b8-7+. The van der Waals surface area contributed by atoms with E-state index in [1.807, 2.05) is 31.2 Å². The quantitative estimate of drug-likeness (QED) is 0.616. The molecule has 1 aliphatic rings. The number of morpholine rings is 1. The predicted octanol–water partition coefficient (Wildman–Crippen LogP) is 3.29. The van der Waals surface area contributed by atoms with Gasteiger partial charge in [-0.25, -0.2) is 0 Å². The van der Waals surface area contributed by atoms with E-state index >= 15 is 0 Å². The Balaban J connectivity index is 1.68. The van der Waals surface area contributed by atoms with Crippen molar-refractivity contribution in [3.8, 4) is 0 Å². The molecule has 1 fully saturated rings. The third kappa shape index (κ3) is 3.86. The van der Waals surface area contributed by atoms with Gasteiger partial charge in [0, 0.05) is 37.1 Å². The molecule has 0 atom stereocenters. The Labute approximate surface area is 146 Å². The topological polar surface area (TPSA) is 47.4 Å². The summed E-state index contributed by atoms with van der Waals surface area (Å²) >= 11 is 6.10. The molecule has 1 aromatic carbocycles. The number of hydrogen-bond donors (Lipinski definition) is 0. The number of carbonyl (C=O) groups excluding carboxylic acids is 1. The van der Waals surface area contributed by atoms with E-state index in [9.17, 15) is 4.79 Å². The van der Waals surface area contributed by atoms with Gasteiger partial charge in [-0.05, 0) is 43.3 Å². The maximum Gasteiger partial charge on any atom is 0.185 e. The molecule has 0 spiro atoms. The molecule has 0 unspecified atom stereocenters. The number of aromatic nitrogens is 2. The summed E-state index contributed by atoms with van der Waals surface area (Å²) in [5.74, 6) is -0.0642. The van der Waals surface area contributed by atoms with Gasteiger partial charge in [0.05, 0.1) is 18.2 Å². The zero-order valence-corrected chi connectivity index (χ0v) is 14.4. The van der Waals surface area contributed by atoms with Gasteiger partial charge in [0.15, 0.2) is 5.78 Å². The molecular formula is C18H20ClN3O2. The van der Waals surface area contributed by atoms with Gasteiger partial charge in [-0.1, -0.05) is 11.6 Å². The molecule has 6 heteroatoms. The molecule has 0 N–H and O–H groups in total. The minimum Gasteiger partial charge on any atom is -0.378 e. The zero-order valence-electron chi connectivity index (χ0n) is 13.6. The number of carbonyl (C=O) groups is 1. The summed E-state index contributed by atoms with van der Waals surface area (Å²) in [5.41, 5.74) is 2.37. The molecular weight excluding hydrogens is 326 g/mol. The first-order chi connectivity index (χ1) is 11.7. The molecule has 3 rings (SSSR count). The van der Waals surface area contributed by atoms with Crippen molar-refractivity contribution < 1.29 is 9.53 Å². The Kier molecular flexibility index (Phi) is 5.33. The molecule has 2 heterocycles. The molecule has 126 valence electrons. The van der Waals surface area contributed by atoms with Gasteiger partial charge in [0.1, 0.15) is 5.69 Å². The van der Waals surface area contributed by atoms with Crippen LogP contribution in [0.1, 0.15) is 23.0 Å². The number of halogens is 1. The number of aryl methyl sites for hydroxylation is 1. The van der Waals surface area contributed by atoms with Crippen LogP contribution >= 0.6 is 11.6 Å². The first-order valence-corrected chi connectivity index (χ1v) is 8.43. The van der Waals surface area contributed by atoms with E-state index in [2.05, 4.69) is 10.00 Å². The van der Waals surface area contributed by atoms with E-state index in [1.54, 1.807) is 17.0 Å². The Morgan fingerprint density at radius 3 is 2.62 bits per heavy atom. The van der Waals surface area contributed by atoms with Crippen LogP contribution < -0.4 is 4.90 Å². The van der Waals surface area contributed by atoms with Crippen molar-refractivity contribution in [2.75, 3.05) is 31.2 Å². The summed E-state index contributed by atoms with van der Waals surface area (Å²) in [4.78, 5) is 14.5. The highest BCUT2D eigenvalue weighted by Gasteiger charge is 2.11. The lowest BCUT2D eigenvalue weighted by molar-refractivity contribution is 0.104. The van der Waals surface area contributed by atoms with Crippen LogP contribution in [0.2, 0.25) is 5.02 Å². The monoisotopic (exact) mass is 345 g/mol. The Morgan fingerprint density at radius 2 is 2.00 bits per heavy atom. The summed E-state index contributed by atoms with van der Waals surface area (Å²) in [6.45, 7) is 5.98. The summed E-state index contributed by atoms with van der Waals surface area (Å²) in [6, 6.07) is 7.66. The number of anilines is 1. The molecule has 1 aliphatic heterocycles.